The lowest BCUT2D eigenvalue weighted by atomic mass is 10.2. The summed E-state index contributed by atoms with van der Waals surface area (Å²) in [4.78, 5) is 4.16. The normalized spacial score (nSPS) is 11.0. The predicted molar refractivity (Wildman–Crippen MR) is 76.5 cm³/mol. The van der Waals surface area contributed by atoms with E-state index in [-0.39, 0.29) is 16.4 Å². The lowest BCUT2D eigenvalue weighted by Gasteiger charge is -2.14. The fourth-order valence-corrected chi connectivity index (χ4v) is 1.70. The topological polar surface area (TPSA) is 60.2 Å². The highest BCUT2D eigenvalue weighted by atomic mass is 32.1. The molecule has 21 heavy (non-hydrogen) atoms. The van der Waals surface area contributed by atoms with Crippen LogP contribution in [0.2, 0.25) is 0 Å². The highest BCUT2D eigenvalue weighted by Crippen LogP contribution is 2.31. The van der Waals surface area contributed by atoms with E-state index >= 15 is 0 Å². The molecule has 2 aromatic rings. The van der Waals surface area contributed by atoms with Crippen LogP contribution in [-0.4, -0.2) is 16.3 Å². The molecule has 3 N–H and O–H groups in total. The molecule has 0 radical (unpaired) electrons. The van der Waals surface area contributed by atoms with Gasteiger partial charge >= 0.3 is 6.36 Å². The molecule has 0 spiro atoms. The maximum atomic E-state index is 12.3. The molecule has 4 nitrogen and oxygen atoms in total. The Kier molecular flexibility index (Phi) is 4.27. The molecule has 0 bridgehead atoms. The van der Waals surface area contributed by atoms with E-state index in [1.807, 2.05) is 0 Å². The third-order valence-electron chi connectivity index (χ3n) is 2.42. The van der Waals surface area contributed by atoms with Crippen molar-refractivity contribution in [2.45, 2.75) is 6.36 Å². The number of benzene rings is 1. The summed E-state index contributed by atoms with van der Waals surface area (Å²) in [7, 11) is 0. The number of alkyl halides is 3. The highest BCUT2D eigenvalue weighted by molar-refractivity contribution is 7.80. The maximum Gasteiger partial charge on any atom is 0.573 e. The molecular formula is C13H10F3N3OS. The van der Waals surface area contributed by atoms with Gasteiger partial charge in [-0.15, -0.1) is 13.2 Å². The minimum Gasteiger partial charge on any atom is -0.404 e. The zero-order valence-corrected chi connectivity index (χ0v) is 11.3. The molecule has 2 rings (SSSR count). The molecule has 0 fully saturated rings. The van der Waals surface area contributed by atoms with Gasteiger partial charge in [-0.1, -0.05) is 24.4 Å². The molecule has 1 heterocycles. The zero-order valence-electron chi connectivity index (χ0n) is 10.5. The number of halogens is 3. The summed E-state index contributed by atoms with van der Waals surface area (Å²) in [5.74, 6) is -0.0500. The molecule has 0 unspecified atom stereocenters. The molecule has 0 saturated heterocycles. The second-order valence-corrected chi connectivity index (χ2v) is 4.40. The monoisotopic (exact) mass is 313 g/mol. The smallest absolute Gasteiger partial charge is 0.404 e. The van der Waals surface area contributed by atoms with Crippen LogP contribution in [0, 0.1) is 0 Å². The fraction of sp³-hybridized carbons (Fsp3) is 0.0769. The van der Waals surface area contributed by atoms with Crippen molar-refractivity contribution in [3.05, 3.63) is 48.2 Å². The van der Waals surface area contributed by atoms with Crippen LogP contribution < -0.4 is 15.8 Å². The van der Waals surface area contributed by atoms with Crippen molar-refractivity contribution in [3.8, 4) is 5.75 Å². The number of pyridine rings is 1. The quantitative estimate of drug-likeness (QED) is 0.848. The second kappa shape index (κ2) is 5.96. The number of nitrogens with one attached hydrogen (secondary N) is 1. The van der Waals surface area contributed by atoms with E-state index in [9.17, 15) is 13.2 Å². The molecule has 0 atom stereocenters. The van der Waals surface area contributed by atoms with Crippen molar-refractivity contribution in [2.24, 2.45) is 5.73 Å². The molecule has 0 amide bonds. The number of aromatic nitrogens is 1. The van der Waals surface area contributed by atoms with Crippen LogP contribution >= 0.6 is 12.2 Å². The Bertz CT molecular complexity index is 661. The SMILES string of the molecule is NC(=S)c1ccnc(Nc2ccccc2OC(F)(F)F)c1. The molecule has 0 saturated carbocycles. The summed E-state index contributed by atoms with van der Waals surface area (Å²) in [6.45, 7) is 0. The molecule has 1 aromatic carbocycles. The van der Waals surface area contributed by atoms with Crippen LogP contribution in [-0.2, 0) is 0 Å². The van der Waals surface area contributed by atoms with E-state index in [1.54, 1.807) is 12.1 Å². The van der Waals surface area contributed by atoms with Crippen LogP contribution in [0.15, 0.2) is 42.6 Å². The number of nitrogens with two attached hydrogens (primary N) is 1. The Labute approximate surface area is 123 Å². The van der Waals surface area contributed by atoms with Gasteiger partial charge in [-0.3, -0.25) is 0 Å². The van der Waals surface area contributed by atoms with Gasteiger partial charge in [0.1, 0.15) is 10.8 Å². The number of para-hydroxylation sites is 2. The third kappa shape index (κ3) is 4.32. The van der Waals surface area contributed by atoms with E-state index in [0.29, 0.717) is 11.4 Å². The lowest BCUT2D eigenvalue weighted by Crippen LogP contribution is -2.18. The molecular weight excluding hydrogens is 303 g/mol. The zero-order chi connectivity index (χ0) is 15.5. The first-order valence-corrected chi connectivity index (χ1v) is 6.13. The minimum absolute atomic E-state index is 0.127. The summed E-state index contributed by atoms with van der Waals surface area (Å²) in [5.41, 5.74) is 6.17. The van der Waals surface area contributed by atoms with Gasteiger partial charge in [0.25, 0.3) is 0 Å². The van der Waals surface area contributed by atoms with E-state index in [4.69, 9.17) is 18.0 Å². The van der Waals surface area contributed by atoms with Crippen molar-refractivity contribution in [1.29, 1.82) is 0 Å². The average molecular weight is 313 g/mol. The number of thiocarbonyl (C=S) groups is 1. The fourth-order valence-electron chi connectivity index (χ4n) is 1.57. The van der Waals surface area contributed by atoms with Gasteiger partial charge in [0.2, 0.25) is 0 Å². The Hall–Kier alpha value is -2.35. The highest BCUT2D eigenvalue weighted by Gasteiger charge is 2.32. The maximum absolute atomic E-state index is 12.3. The first-order chi connectivity index (χ1) is 9.85. The van der Waals surface area contributed by atoms with Gasteiger partial charge < -0.3 is 15.8 Å². The van der Waals surface area contributed by atoms with Gasteiger partial charge in [-0.05, 0) is 24.3 Å². The Morgan fingerprint density at radius 1 is 1.24 bits per heavy atom. The largest absolute Gasteiger partial charge is 0.573 e. The lowest BCUT2D eigenvalue weighted by molar-refractivity contribution is -0.274. The van der Waals surface area contributed by atoms with Crippen LogP contribution in [0.25, 0.3) is 0 Å². The van der Waals surface area contributed by atoms with Gasteiger partial charge in [-0.25, -0.2) is 4.98 Å². The van der Waals surface area contributed by atoms with Crippen LogP contribution in [0.3, 0.4) is 0 Å². The van der Waals surface area contributed by atoms with Crippen molar-refractivity contribution < 1.29 is 17.9 Å². The number of nitrogens with zero attached hydrogens (tertiary/aromatic N) is 1. The van der Waals surface area contributed by atoms with Gasteiger partial charge in [0, 0.05) is 11.8 Å². The first-order valence-electron chi connectivity index (χ1n) is 5.73. The van der Waals surface area contributed by atoms with Crippen molar-refractivity contribution in [3.63, 3.8) is 0 Å². The number of ether oxygens (including phenoxy) is 1. The van der Waals surface area contributed by atoms with E-state index in [0.717, 1.165) is 0 Å². The predicted octanol–water partition coefficient (Wildman–Crippen LogP) is 3.36. The average Bonchev–Trinajstić information content (AvgIpc) is 2.40. The van der Waals surface area contributed by atoms with E-state index in [2.05, 4.69) is 15.0 Å². The summed E-state index contributed by atoms with van der Waals surface area (Å²) in [6.07, 6.45) is -3.32. The van der Waals surface area contributed by atoms with Gasteiger partial charge in [0.05, 0.1) is 5.69 Å². The summed E-state index contributed by atoms with van der Waals surface area (Å²) in [6, 6.07) is 8.79. The van der Waals surface area contributed by atoms with Crippen molar-refractivity contribution in [1.82, 2.24) is 4.98 Å². The molecule has 1 aromatic heterocycles. The molecule has 0 aliphatic carbocycles. The summed E-state index contributed by atoms with van der Waals surface area (Å²) in [5, 5.41) is 2.74. The molecule has 0 aliphatic rings. The van der Waals surface area contributed by atoms with Crippen LogP contribution in [0.5, 0.6) is 5.75 Å². The van der Waals surface area contributed by atoms with Crippen molar-refractivity contribution >= 4 is 28.7 Å². The Balaban J connectivity index is 2.27. The van der Waals surface area contributed by atoms with Crippen LogP contribution in [0.1, 0.15) is 5.56 Å². The Morgan fingerprint density at radius 2 is 1.95 bits per heavy atom. The number of anilines is 2. The van der Waals surface area contributed by atoms with Crippen molar-refractivity contribution in [2.75, 3.05) is 5.32 Å². The van der Waals surface area contributed by atoms with E-state index < -0.39 is 6.36 Å². The van der Waals surface area contributed by atoms with Crippen LogP contribution in [0.4, 0.5) is 24.7 Å². The second-order valence-electron chi connectivity index (χ2n) is 3.96. The molecule has 8 heteroatoms. The van der Waals surface area contributed by atoms with Gasteiger partial charge in [-0.2, -0.15) is 0 Å². The van der Waals surface area contributed by atoms with E-state index in [1.165, 1.54) is 30.5 Å². The summed E-state index contributed by atoms with van der Waals surface area (Å²) >= 11 is 4.83. The van der Waals surface area contributed by atoms with Gasteiger partial charge in [0.15, 0.2) is 5.75 Å². The Morgan fingerprint density at radius 3 is 2.62 bits per heavy atom. The third-order valence-corrected chi connectivity index (χ3v) is 2.66. The number of hydrogen-bond acceptors (Lipinski definition) is 4. The minimum atomic E-state index is -4.77. The molecule has 110 valence electrons. The number of rotatable bonds is 4. The standard InChI is InChI=1S/C13H10F3N3OS/c14-13(15,16)20-10-4-2-1-3-9(10)19-11-7-8(12(17)21)5-6-18-11/h1-7H,(H2,17,21)(H,18,19). The number of hydrogen-bond donors (Lipinski definition) is 2. The molecule has 0 aliphatic heterocycles. The first kappa shape index (κ1) is 15.0. The summed E-state index contributed by atoms with van der Waals surface area (Å²) < 4.78 is 40.9.